The summed E-state index contributed by atoms with van der Waals surface area (Å²) < 4.78 is 5.31. The van der Waals surface area contributed by atoms with Crippen LogP contribution in [0.15, 0.2) is 59.2 Å². The molecule has 0 atom stereocenters. The van der Waals surface area contributed by atoms with Gasteiger partial charge in [0, 0.05) is 17.5 Å². The molecule has 128 valence electrons. The van der Waals surface area contributed by atoms with Gasteiger partial charge in [-0.3, -0.25) is 9.59 Å². The first-order valence-corrected chi connectivity index (χ1v) is 8.29. The average Bonchev–Trinajstić information content (AvgIpc) is 3.10. The van der Waals surface area contributed by atoms with Crippen LogP contribution < -0.4 is 11.1 Å². The molecule has 0 saturated carbocycles. The van der Waals surface area contributed by atoms with Crippen molar-refractivity contribution >= 4 is 22.8 Å². The Bertz CT molecular complexity index is 899. The molecule has 2 aromatic carbocycles. The van der Waals surface area contributed by atoms with Gasteiger partial charge < -0.3 is 15.5 Å². The van der Waals surface area contributed by atoms with Crippen molar-refractivity contribution in [3.63, 3.8) is 0 Å². The van der Waals surface area contributed by atoms with Crippen LogP contribution in [0.1, 0.15) is 39.1 Å². The third-order valence-electron chi connectivity index (χ3n) is 4.18. The van der Waals surface area contributed by atoms with Crippen LogP contribution in [0, 0.1) is 0 Å². The molecule has 3 rings (SSSR count). The van der Waals surface area contributed by atoms with Gasteiger partial charge in [-0.15, -0.1) is 0 Å². The molecule has 0 aliphatic carbocycles. The summed E-state index contributed by atoms with van der Waals surface area (Å²) in [7, 11) is 0. The topological polar surface area (TPSA) is 85.3 Å². The summed E-state index contributed by atoms with van der Waals surface area (Å²) in [6.45, 7) is 0.575. The summed E-state index contributed by atoms with van der Waals surface area (Å²) in [6, 6.07) is 14.6. The number of carbonyl (C=O) groups excluding carboxylic acids is 2. The Morgan fingerprint density at radius 1 is 0.960 bits per heavy atom. The van der Waals surface area contributed by atoms with Gasteiger partial charge in [-0.1, -0.05) is 24.3 Å². The Morgan fingerprint density at radius 2 is 1.76 bits per heavy atom. The number of aryl methyl sites for hydroxylation is 1. The number of unbranched alkanes of at least 4 members (excludes halogenated alkanes) is 1. The standard InChI is InChI=1S/C20H20N2O3/c21-19(23)15-8-2-1-6-14(15)7-3-4-12-22-20(24)17-9-5-10-18-16(17)11-13-25-18/h1-2,5-6,8-11,13H,3-4,7,12H2,(H2,21,23)(H,22,24). The van der Waals surface area contributed by atoms with Crippen LogP contribution in [0.3, 0.4) is 0 Å². The quantitative estimate of drug-likeness (QED) is 0.649. The van der Waals surface area contributed by atoms with Crippen molar-refractivity contribution in [2.45, 2.75) is 19.3 Å². The maximum Gasteiger partial charge on any atom is 0.252 e. The Balaban J connectivity index is 1.50. The predicted molar refractivity (Wildman–Crippen MR) is 96.4 cm³/mol. The lowest BCUT2D eigenvalue weighted by atomic mass is 10.0. The first kappa shape index (κ1) is 16.8. The minimum Gasteiger partial charge on any atom is -0.464 e. The van der Waals surface area contributed by atoms with Crippen molar-refractivity contribution in [3.8, 4) is 0 Å². The average molecular weight is 336 g/mol. The van der Waals surface area contributed by atoms with Crippen LogP contribution in [0.2, 0.25) is 0 Å². The summed E-state index contributed by atoms with van der Waals surface area (Å²) in [5, 5.41) is 3.75. The van der Waals surface area contributed by atoms with Crippen LogP contribution in [0.5, 0.6) is 0 Å². The van der Waals surface area contributed by atoms with E-state index in [-0.39, 0.29) is 5.91 Å². The van der Waals surface area contributed by atoms with Gasteiger partial charge >= 0.3 is 0 Å². The fourth-order valence-electron chi connectivity index (χ4n) is 2.91. The summed E-state index contributed by atoms with van der Waals surface area (Å²) in [4.78, 5) is 23.7. The molecule has 3 aromatic rings. The van der Waals surface area contributed by atoms with Gasteiger partial charge in [-0.2, -0.15) is 0 Å². The lowest BCUT2D eigenvalue weighted by Crippen LogP contribution is -2.24. The number of nitrogens with one attached hydrogen (secondary N) is 1. The van der Waals surface area contributed by atoms with Gasteiger partial charge in [-0.05, 0) is 49.1 Å². The third-order valence-corrected chi connectivity index (χ3v) is 4.18. The van der Waals surface area contributed by atoms with Gasteiger partial charge in [0.25, 0.3) is 5.91 Å². The molecule has 3 N–H and O–H groups in total. The van der Waals surface area contributed by atoms with Crippen LogP contribution in [-0.2, 0) is 6.42 Å². The molecule has 0 spiro atoms. The van der Waals surface area contributed by atoms with Crippen molar-refractivity contribution in [1.82, 2.24) is 5.32 Å². The zero-order valence-electron chi connectivity index (χ0n) is 13.8. The molecule has 5 nitrogen and oxygen atoms in total. The highest BCUT2D eigenvalue weighted by Crippen LogP contribution is 2.19. The van der Waals surface area contributed by atoms with E-state index in [1.165, 1.54) is 0 Å². The molecule has 0 fully saturated rings. The van der Waals surface area contributed by atoms with Gasteiger partial charge in [-0.25, -0.2) is 0 Å². The Hall–Kier alpha value is -3.08. The zero-order chi connectivity index (χ0) is 17.6. The smallest absolute Gasteiger partial charge is 0.252 e. The molecule has 0 aliphatic rings. The molecular weight excluding hydrogens is 316 g/mol. The maximum absolute atomic E-state index is 12.3. The number of carbonyl (C=O) groups is 2. The molecule has 1 aromatic heterocycles. The number of furan rings is 1. The largest absolute Gasteiger partial charge is 0.464 e. The van der Waals surface area contributed by atoms with Crippen molar-refractivity contribution in [1.29, 1.82) is 0 Å². The van der Waals surface area contributed by atoms with Crippen LogP contribution in [0.4, 0.5) is 0 Å². The Morgan fingerprint density at radius 3 is 2.60 bits per heavy atom. The zero-order valence-corrected chi connectivity index (χ0v) is 13.8. The molecule has 5 heteroatoms. The summed E-state index contributed by atoms with van der Waals surface area (Å²) in [5.41, 5.74) is 8.22. The SMILES string of the molecule is NC(=O)c1ccccc1CCCCNC(=O)c1cccc2occc12. The number of amides is 2. The lowest BCUT2D eigenvalue weighted by Gasteiger charge is -2.08. The minimum atomic E-state index is -0.405. The number of primary amides is 1. The van der Waals surface area contributed by atoms with E-state index < -0.39 is 5.91 Å². The van der Waals surface area contributed by atoms with E-state index in [9.17, 15) is 9.59 Å². The van der Waals surface area contributed by atoms with Crippen LogP contribution >= 0.6 is 0 Å². The van der Waals surface area contributed by atoms with E-state index in [2.05, 4.69) is 5.32 Å². The second-order valence-corrected chi connectivity index (χ2v) is 5.87. The summed E-state index contributed by atoms with van der Waals surface area (Å²) in [5.74, 6) is -0.512. The number of rotatable bonds is 7. The number of hydrogen-bond acceptors (Lipinski definition) is 3. The second kappa shape index (κ2) is 7.66. The highest BCUT2D eigenvalue weighted by Gasteiger charge is 2.11. The molecule has 0 bridgehead atoms. The van der Waals surface area contributed by atoms with E-state index in [1.807, 2.05) is 24.3 Å². The van der Waals surface area contributed by atoms with Gasteiger partial charge in [0.15, 0.2) is 0 Å². The van der Waals surface area contributed by atoms with Crippen LogP contribution in [-0.4, -0.2) is 18.4 Å². The Labute approximate surface area is 145 Å². The van der Waals surface area contributed by atoms with E-state index in [0.717, 1.165) is 30.2 Å². The predicted octanol–water partition coefficient (Wildman–Crippen LogP) is 3.28. The number of nitrogens with two attached hydrogens (primary N) is 1. The van der Waals surface area contributed by atoms with E-state index in [1.54, 1.807) is 30.5 Å². The summed E-state index contributed by atoms with van der Waals surface area (Å²) in [6.07, 6.45) is 4.02. The monoisotopic (exact) mass is 336 g/mol. The van der Waals surface area contributed by atoms with Crippen molar-refractivity contribution in [2.75, 3.05) is 6.54 Å². The van der Waals surface area contributed by atoms with Crippen molar-refractivity contribution < 1.29 is 14.0 Å². The van der Waals surface area contributed by atoms with Crippen molar-refractivity contribution in [3.05, 3.63) is 71.5 Å². The molecule has 2 amide bonds. The van der Waals surface area contributed by atoms with E-state index >= 15 is 0 Å². The normalized spacial score (nSPS) is 10.7. The molecular formula is C20H20N2O3. The van der Waals surface area contributed by atoms with Gasteiger partial charge in [0.2, 0.25) is 5.91 Å². The highest BCUT2D eigenvalue weighted by molar-refractivity contribution is 6.05. The highest BCUT2D eigenvalue weighted by atomic mass is 16.3. The number of benzene rings is 2. The first-order valence-electron chi connectivity index (χ1n) is 8.29. The minimum absolute atomic E-state index is 0.107. The first-order chi connectivity index (χ1) is 12.2. The van der Waals surface area contributed by atoms with Crippen LogP contribution in [0.25, 0.3) is 11.0 Å². The molecule has 0 saturated heterocycles. The molecule has 0 aliphatic heterocycles. The molecule has 25 heavy (non-hydrogen) atoms. The Kier molecular flexibility index (Phi) is 5.14. The van der Waals surface area contributed by atoms with Gasteiger partial charge in [0.1, 0.15) is 5.58 Å². The summed E-state index contributed by atoms with van der Waals surface area (Å²) >= 11 is 0. The number of fused-ring (bicyclic) bond motifs is 1. The van der Waals surface area contributed by atoms with E-state index in [4.69, 9.17) is 10.2 Å². The van der Waals surface area contributed by atoms with Gasteiger partial charge in [0.05, 0.1) is 11.8 Å². The number of hydrogen-bond donors (Lipinski definition) is 2. The third kappa shape index (κ3) is 3.88. The molecule has 0 radical (unpaired) electrons. The maximum atomic E-state index is 12.3. The molecule has 0 unspecified atom stereocenters. The molecule has 1 heterocycles. The van der Waals surface area contributed by atoms with E-state index in [0.29, 0.717) is 23.3 Å². The fourth-order valence-corrected chi connectivity index (χ4v) is 2.91. The lowest BCUT2D eigenvalue weighted by molar-refractivity contribution is 0.0953. The second-order valence-electron chi connectivity index (χ2n) is 5.87. The van der Waals surface area contributed by atoms with Crippen molar-refractivity contribution in [2.24, 2.45) is 5.73 Å². The fraction of sp³-hybridized carbons (Fsp3) is 0.200.